The Kier molecular flexibility index (Phi) is 4.89. The van der Waals surface area contributed by atoms with E-state index in [0.717, 1.165) is 6.54 Å². The van der Waals surface area contributed by atoms with E-state index >= 15 is 0 Å². The highest BCUT2D eigenvalue weighted by Gasteiger charge is 2.15. The van der Waals surface area contributed by atoms with Gasteiger partial charge in [0.15, 0.2) is 0 Å². The van der Waals surface area contributed by atoms with Crippen LogP contribution in [-0.4, -0.2) is 47.3 Å². The number of nitrogens with one attached hydrogen (secondary N) is 2. The number of carbonyl (C=O) groups is 1. The lowest BCUT2D eigenvalue weighted by atomic mass is 10.1. The molecule has 1 saturated heterocycles. The molecule has 18 heavy (non-hydrogen) atoms. The molecule has 0 aliphatic carbocycles. The molecular weight excluding hydrogens is 250 g/mol. The van der Waals surface area contributed by atoms with E-state index in [1.54, 1.807) is 5.51 Å². The molecule has 7 heteroatoms. The number of carbonyl (C=O) groups excluding carboxylic acids is 1. The Balaban J connectivity index is 1.62. The lowest BCUT2D eigenvalue weighted by molar-refractivity contribution is 0.245. The molecule has 1 aliphatic rings. The van der Waals surface area contributed by atoms with Crippen LogP contribution >= 0.6 is 11.3 Å². The van der Waals surface area contributed by atoms with E-state index in [2.05, 4.69) is 32.7 Å². The van der Waals surface area contributed by atoms with Crippen LogP contribution < -0.4 is 10.6 Å². The maximum absolute atomic E-state index is 11.6. The van der Waals surface area contributed by atoms with Crippen molar-refractivity contribution in [2.75, 3.05) is 31.5 Å². The predicted molar refractivity (Wildman–Crippen MR) is 71.8 cm³/mol. The van der Waals surface area contributed by atoms with Crippen molar-refractivity contribution in [1.29, 1.82) is 0 Å². The van der Waals surface area contributed by atoms with Crippen molar-refractivity contribution in [1.82, 2.24) is 20.4 Å². The van der Waals surface area contributed by atoms with Crippen molar-refractivity contribution in [2.24, 2.45) is 5.92 Å². The SMILES string of the molecule is C[C@H](CNC(=O)Nc1nncs1)CN1CCCC1. The zero-order valence-electron chi connectivity index (χ0n) is 10.6. The zero-order chi connectivity index (χ0) is 12.8. The Labute approximate surface area is 111 Å². The van der Waals surface area contributed by atoms with Gasteiger partial charge in [0, 0.05) is 13.1 Å². The lowest BCUT2D eigenvalue weighted by Gasteiger charge is -2.20. The first-order valence-corrected chi connectivity index (χ1v) is 7.15. The summed E-state index contributed by atoms with van der Waals surface area (Å²) in [6.07, 6.45) is 2.61. The summed E-state index contributed by atoms with van der Waals surface area (Å²) < 4.78 is 0. The molecule has 1 aromatic heterocycles. The first kappa shape index (κ1) is 13.2. The number of anilines is 1. The molecule has 6 nitrogen and oxygen atoms in total. The molecule has 100 valence electrons. The number of hydrogen-bond donors (Lipinski definition) is 2. The summed E-state index contributed by atoms with van der Waals surface area (Å²) in [6, 6.07) is -0.208. The quantitative estimate of drug-likeness (QED) is 0.847. The molecule has 0 saturated carbocycles. The Morgan fingerprint density at radius 3 is 3.00 bits per heavy atom. The van der Waals surface area contributed by atoms with Crippen LogP contribution in [0.15, 0.2) is 5.51 Å². The standard InChI is InChI=1S/C11H19N5OS/c1-9(7-16-4-2-3-5-16)6-12-10(17)14-11-15-13-8-18-11/h8-9H,2-7H2,1H3,(H2,12,14,15,17)/t9-/m1/s1. The molecule has 2 heterocycles. The van der Waals surface area contributed by atoms with Crippen molar-refractivity contribution in [2.45, 2.75) is 19.8 Å². The summed E-state index contributed by atoms with van der Waals surface area (Å²) >= 11 is 1.31. The van der Waals surface area contributed by atoms with Crippen LogP contribution in [0.5, 0.6) is 0 Å². The number of urea groups is 1. The van der Waals surface area contributed by atoms with E-state index < -0.39 is 0 Å². The Hall–Kier alpha value is -1.21. The van der Waals surface area contributed by atoms with E-state index in [4.69, 9.17) is 0 Å². The Morgan fingerprint density at radius 1 is 1.56 bits per heavy atom. The molecule has 1 aromatic rings. The third kappa shape index (κ3) is 4.23. The van der Waals surface area contributed by atoms with Gasteiger partial charge in [-0.05, 0) is 31.8 Å². The number of amides is 2. The summed E-state index contributed by atoms with van der Waals surface area (Å²) in [6.45, 7) is 6.28. The van der Waals surface area contributed by atoms with Crippen LogP contribution in [-0.2, 0) is 0 Å². The van der Waals surface area contributed by atoms with Gasteiger partial charge in [0.25, 0.3) is 0 Å². The second kappa shape index (κ2) is 6.65. The maximum Gasteiger partial charge on any atom is 0.321 e. The molecule has 0 bridgehead atoms. The van der Waals surface area contributed by atoms with Crippen molar-refractivity contribution in [3.05, 3.63) is 5.51 Å². The zero-order valence-corrected chi connectivity index (χ0v) is 11.4. The second-order valence-corrected chi connectivity index (χ2v) is 5.53. The summed E-state index contributed by atoms with van der Waals surface area (Å²) in [4.78, 5) is 14.0. The molecule has 1 fully saturated rings. The van der Waals surface area contributed by atoms with Gasteiger partial charge in [-0.15, -0.1) is 10.2 Å². The molecular formula is C11H19N5OS. The molecule has 2 N–H and O–H groups in total. The fourth-order valence-corrected chi connectivity index (χ4v) is 2.55. The molecule has 0 radical (unpaired) electrons. The topological polar surface area (TPSA) is 70.1 Å². The summed E-state index contributed by atoms with van der Waals surface area (Å²) in [5.41, 5.74) is 1.59. The fourth-order valence-electron chi connectivity index (χ4n) is 2.11. The molecule has 0 spiro atoms. The first-order valence-electron chi connectivity index (χ1n) is 6.27. The number of aromatic nitrogens is 2. The first-order chi connectivity index (χ1) is 8.74. The molecule has 0 unspecified atom stereocenters. The van der Waals surface area contributed by atoms with E-state index in [-0.39, 0.29) is 6.03 Å². The minimum absolute atomic E-state index is 0.208. The molecule has 1 atom stereocenters. The average Bonchev–Trinajstić information content (AvgIpc) is 2.99. The van der Waals surface area contributed by atoms with Crippen LogP contribution in [0.3, 0.4) is 0 Å². The molecule has 0 aromatic carbocycles. The van der Waals surface area contributed by atoms with Crippen LogP contribution in [0.1, 0.15) is 19.8 Å². The van der Waals surface area contributed by atoms with Gasteiger partial charge in [0.2, 0.25) is 5.13 Å². The highest BCUT2D eigenvalue weighted by Crippen LogP contribution is 2.10. The van der Waals surface area contributed by atoms with Crippen molar-refractivity contribution >= 4 is 22.5 Å². The summed E-state index contributed by atoms with van der Waals surface area (Å²) in [5.74, 6) is 0.461. The smallest absolute Gasteiger partial charge is 0.321 e. The number of likely N-dealkylation sites (tertiary alicyclic amines) is 1. The van der Waals surface area contributed by atoms with Gasteiger partial charge in [0.1, 0.15) is 5.51 Å². The van der Waals surface area contributed by atoms with Crippen molar-refractivity contribution < 1.29 is 4.79 Å². The third-order valence-electron chi connectivity index (χ3n) is 2.96. The van der Waals surface area contributed by atoms with Gasteiger partial charge in [0.05, 0.1) is 0 Å². The fraction of sp³-hybridized carbons (Fsp3) is 0.727. The Bertz CT molecular complexity index is 364. The molecule has 2 rings (SSSR count). The van der Waals surface area contributed by atoms with E-state index in [9.17, 15) is 4.79 Å². The van der Waals surface area contributed by atoms with Crippen molar-refractivity contribution in [3.63, 3.8) is 0 Å². The molecule has 2 amide bonds. The van der Waals surface area contributed by atoms with Gasteiger partial charge in [-0.3, -0.25) is 5.32 Å². The van der Waals surface area contributed by atoms with Gasteiger partial charge < -0.3 is 10.2 Å². The third-order valence-corrected chi connectivity index (χ3v) is 3.57. The predicted octanol–water partition coefficient (Wildman–Crippen LogP) is 1.39. The van der Waals surface area contributed by atoms with E-state index in [0.29, 0.717) is 17.6 Å². The lowest BCUT2D eigenvalue weighted by Crippen LogP contribution is -2.36. The van der Waals surface area contributed by atoms with E-state index in [1.807, 2.05) is 0 Å². The maximum atomic E-state index is 11.6. The molecule has 1 aliphatic heterocycles. The van der Waals surface area contributed by atoms with Crippen LogP contribution in [0, 0.1) is 5.92 Å². The largest absolute Gasteiger partial charge is 0.337 e. The van der Waals surface area contributed by atoms with Crippen molar-refractivity contribution in [3.8, 4) is 0 Å². The van der Waals surface area contributed by atoms with Crippen LogP contribution in [0.2, 0.25) is 0 Å². The van der Waals surface area contributed by atoms with Crippen LogP contribution in [0.4, 0.5) is 9.93 Å². The summed E-state index contributed by atoms with van der Waals surface area (Å²) in [7, 11) is 0. The second-order valence-electron chi connectivity index (χ2n) is 4.69. The summed E-state index contributed by atoms with van der Waals surface area (Å²) in [5, 5.41) is 13.4. The Morgan fingerprint density at radius 2 is 2.33 bits per heavy atom. The van der Waals surface area contributed by atoms with Gasteiger partial charge >= 0.3 is 6.03 Å². The minimum Gasteiger partial charge on any atom is -0.337 e. The van der Waals surface area contributed by atoms with Gasteiger partial charge in [-0.25, -0.2) is 4.79 Å². The normalized spacial score (nSPS) is 17.6. The monoisotopic (exact) mass is 269 g/mol. The van der Waals surface area contributed by atoms with Gasteiger partial charge in [-0.2, -0.15) is 0 Å². The van der Waals surface area contributed by atoms with Gasteiger partial charge in [-0.1, -0.05) is 18.3 Å². The number of nitrogens with zero attached hydrogens (tertiary/aromatic N) is 3. The number of hydrogen-bond acceptors (Lipinski definition) is 5. The number of rotatable bonds is 5. The highest BCUT2D eigenvalue weighted by molar-refractivity contribution is 7.13. The van der Waals surface area contributed by atoms with Crippen LogP contribution in [0.25, 0.3) is 0 Å². The average molecular weight is 269 g/mol. The highest BCUT2D eigenvalue weighted by atomic mass is 32.1. The minimum atomic E-state index is -0.208. The van der Waals surface area contributed by atoms with E-state index in [1.165, 1.54) is 37.3 Å².